The molecule has 0 saturated carbocycles. The number of benzene rings is 7. The van der Waals surface area contributed by atoms with Gasteiger partial charge in [-0.05, 0) is 114 Å². The fourth-order valence-corrected chi connectivity index (χ4v) is 11.8. The molecule has 6 heteroatoms. The monoisotopic (exact) mass is 1080 g/mol. The minimum Gasteiger partial charge on any atom is -0.501 e. The van der Waals surface area contributed by atoms with Crippen LogP contribution in [-0.4, -0.2) is 22.6 Å². The summed E-state index contributed by atoms with van der Waals surface area (Å²) in [6.07, 6.45) is 3.13. The zero-order chi connectivity index (χ0) is 47.0. The number of fused-ring (bicyclic) bond motifs is 4. The Hall–Kier alpha value is -5.91. The summed E-state index contributed by atoms with van der Waals surface area (Å²) in [6, 6.07) is 56.7. The molecule has 345 valence electrons. The Morgan fingerprint density at radius 3 is 2.07 bits per heavy atom. The summed E-state index contributed by atoms with van der Waals surface area (Å²) in [7, 11) is -1.23. The molecule has 0 spiro atoms. The van der Waals surface area contributed by atoms with Gasteiger partial charge in [-0.25, -0.2) is 0 Å². The van der Waals surface area contributed by atoms with Crippen molar-refractivity contribution >= 4 is 57.0 Å². The molecule has 4 nitrogen and oxygen atoms in total. The van der Waals surface area contributed by atoms with Crippen LogP contribution in [0.25, 0.3) is 83.2 Å². The summed E-state index contributed by atoms with van der Waals surface area (Å²) in [5.74, 6) is 1.53. The van der Waals surface area contributed by atoms with Gasteiger partial charge in [0.25, 0.3) is 0 Å². The van der Waals surface area contributed by atoms with Crippen LogP contribution in [0.5, 0.6) is 0 Å². The normalized spacial score (nSPS) is 14.1. The molecule has 0 atom stereocenters. The van der Waals surface area contributed by atoms with Crippen LogP contribution in [0.3, 0.4) is 0 Å². The van der Waals surface area contributed by atoms with Crippen LogP contribution in [0.2, 0.25) is 19.6 Å². The van der Waals surface area contributed by atoms with Crippen molar-refractivity contribution in [2.45, 2.75) is 104 Å². The first kappa shape index (κ1) is 47.2. The average molecular weight is 1080 g/mol. The third-order valence-electron chi connectivity index (χ3n) is 14.1. The van der Waals surface area contributed by atoms with Crippen molar-refractivity contribution in [3.63, 3.8) is 0 Å². The first-order valence-electron chi connectivity index (χ1n) is 24.0. The minimum atomic E-state index is -1.23. The standard InChI is InChI=1S/C48H45N2O.C14H16NSi.Ir/c1-28(2)33-15-12-16-34(29(3)4)44(33)50-41-21-10-9-20-40(41)49-46(50)37-18-13-17-36-35-23-22-30(26-42(35)51-45(36)37)32-24-31-14-11-19-38-43(31)39(25-32)48(7,8)27-47(38,5)6;1-16(2,3)13-9-10-14(15-11-13)12-7-5-4-6-8-12;/h9-17,19-26,28-29H,27H2,1-8H3;4-7,9-11H,1-3H3;/q2*-1;. The molecule has 0 fully saturated rings. The van der Waals surface area contributed by atoms with Gasteiger partial charge in [0.15, 0.2) is 0 Å². The Balaban J connectivity index is 0.000000289. The van der Waals surface area contributed by atoms with Gasteiger partial charge >= 0.3 is 0 Å². The number of hydrogen-bond donors (Lipinski definition) is 0. The van der Waals surface area contributed by atoms with Gasteiger partial charge < -0.3 is 14.0 Å². The summed E-state index contributed by atoms with van der Waals surface area (Å²) < 4.78 is 9.26. The Bertz CT molecular complexity index is 3450. The SMILES string of the molecule is CC(C)c1cccc(C(C)C)c1-n1c(-c2[c-]ccc3c2oc2cc(-c4cc5c6c(cccc6c4)C(C)(C)CC5(C)C)ccc23)nc2ccccc21.C[Si](C)(C)c1ccc(-c2[c-]cccc2)nc1.[Ir]. The Kier molecular flexibility index (Phi) is 12.4. The molecule has 0 N–H and O–H groups in total. The second kappa shape index (κ2) is 17.9. The van der Waals surface area contributed by atoms with E-state index in [9.17, 15) is 0 Å². The minimum absolute atomic E-state index is 0. The van der Waals surface area contributed by atoms with Crippen molar-refractivity contribution in [3.05, 3.63) is 180 Å². The van der Waals surface area contributed by atoms with E-state index in [-0.39, 0.29) is 30.9 Å². The van der Waals surface area contributed by atoms with Crippen LogP contribution < -0.4 is 5.19 Å². The van der Waals surface area contributed by atoms with Crippen molar-refractivity contribution in [1.29, 1.82) is 0 Å². The Labute approximate surface area is 417 Å². The van der Waals surface area contributed by atoms with E-state index in [2.05, 4.69) is 206 Å². The average Bonchev–Trinajstić information content (AvgIpc) is 3.88. The predicted octanol–water partition coefficient (Wildman–Crippen LogP) is 16.5. The van der Waals surface area contributed by atoms with Crippen LogP contribution >= 0.6 is 0 Å². The molecule has 1 radical (unpaired) electrons. The van der Waals surface area contributed by atoms with E-state index >= 15 is 0 Å². The zero-order valence-electron chi connectivity index (χ0n) is 41.3. The van der Waals surface area contributed by atoms with E-state index in [4.69, 9.17) is 9.40 Å². The number of nitrogens with zero attached hydrogens (tertiary/aromatic N) is 3. The summed E-state index contributed by atoms with van der Waals surface area (Å²) in [5, 5.41) is 6.31. The second-order valence-corrected chi connectivity index (χ2v) is 26.7. The Morgan fingerprint density at radius 2 is 1.38 bits per heavy atom. The number of imidazole rings is 1. The molecular formula is C62H61IrN3OSi-2. The van der Waals surface area contributed by atoms with E-state index in [1.54, 1.807) is 0 Å². The van der Waals surface area contributed by atoms with Gasteiger partial charge in [-0.3, -0.25) is 4.98 Å². The molecule has 11 rings (SSSR count). The van der Waals surface area contributed by atoms with Gasteiger partial charge in [0.05, 0.1) is 30.5 Å². The molecule has 1 aliphatic rings. The summed E-state index contributed by atoms with van der Waals surface area (Å²) in [5.41, 5.74) is 16.0. The maximum Gasteiger partial charge on any atom is 0.121 e. The van der Waals surface area contributed by atoms with Gasteiger partial charge in [-0.1, -0.05) is 159 Å². The first-order chi connectivity index (χ1) is 32.0. The van der Waals surface area contributed by atoms with Crippen LogP contribution in [-0.2, 0) is 30.9 Å². The van der Waals surface area contributed by atoms with Crippen LogP contribution in [0.1, 0.15) is 95.9 Å². The van der Waals surface area contributed by atoms with Crippen LogP contribution in [0.15, 0.2) is 150 Å². The fraction of sp³-hybridized carbons (Fsp3) is 0.258. The topological polar surface area (TPSA) is 43.9 Å². The molecular weight excluding hydrogens is 1020 g/mol. The Morgan fingerprint density at radius 1 is 0.662 bits per heavy atom. The van der Waals surface area contributed by atoms with Crippen molar-refractivity contribution in [2.75, 3.05) is 0 Å². The van der Waals surface area contributed by atoms with E-state index in [1.807, 2.05) is 36.5 Å². The maximum absolute atomic E-state index is 6.90. The fourth-order valence-electron chi connectivity index (χ4n) is 10.8. The molecule has 0 bridgehead atoms. The van der Waals surface area contributed by atoms with Crippen molar-refractivity contribution in [3.8, 4) is 39.5 Å². The molecule has 0 saturated heterocycles. The van der Waals surface area contributed by atoms with Crippen molar-refractivity contribution < 1.29 is 24.5 Å². The first-order valence-corrected chi connectivity index (χ1v) is 27.5. The molecule has 0 unspecified atom stereocenters. The third kappa shape index (κ3) is 8.39. The molecule has 10 aromatic rings. The van der Waals surface area contributed by atoms with E-state index in [0.717, 1.165) is 67.6 Å². The molecule has 7 aromatic carbocycles. The van der Waals surface area contributed by atoms with Gasteiger partial charge in [0.2, 0.25) is 0 Å². The third-order valence-corrected chi connectivity index (χ3v) is 16.1. The molecule has 3 aromatic heterocycles. The molecule has 3 heterocycles. The summed E-state index contributed by atoms with van der Waals surface area (Å²) >= 11 is 0. The number of aromatic nitrogens is 3. The van der Waals surface area contributed by atoms with Gasteiger partial charge in [0, 0.05) is 37.4 Å². The zero-order valence-corrected chi connectivity index (χ0v) is 44.7. The largest absolute Gasteiger partial charge is 0.501 e. The molecule has 68 heavy (non-hydrogen) atoms. The number of pyridine rings is 1. The quantitative estimate of drug-likeness (QED) is 0.118. The number of hydrogen-bond acceptors (Lipinski definition) is 3. The van der Waals surface area contributed by atoms with Gasteiger partial charge in [-0.2, -0.15) is 0 Å². The molecule has 0 aliphatic heterocycles. The van der Waals surface area contributed by atoms with Gasteiger partial charge in [0.1, 0.15) is 5.58 Å². The van der Waals surface area contributed by atoms with E-state index < -0.39 is 8.07 Å². The maximum atomic E-state index is 6.90. The van der Waals surface area contributed by atoms with Crippen LogP contribution in [0.4, 0.5) is 0 Å². The molecule has 0 amide bonds. The van der Waals surface area contributed by atoms with E-state index in [1.165, 1.54) is 49.5 Å². The number of furan rings is 1. The predicted molar refractivity (Wildman–Crippen MR) is 286 cm³/mol. The van der Waals surface area contributed by atoms with Crippen LogP contribution in [0, 0.1) is 12.1 Å². The number of rotatable bonds is 7. The number of para-hydroxylation sites is 3. The second-order valence-electron chi connectivity index (χ2n) is 21.6. The molecule has 1 aliphatic carbocycles. The van der Waals surface area contributed by atoms with Gasteiger partial charge in [-0.15, -0.1) is 54.1 Å². The van der Waals surface area contributed by atoms with Crippen molar-refractivity contribution in [2.24, 2.45) is 0 Å². The van der Waals surface area contributed by atoms with E-state index in [0.29, 0.717) is 11.8 Å². The van der Waals surface area contributed by atoms with Crippen molar-refractivity contribution in [1.82, 2.24) is 14.5 Å². The summed E-state index contributed by atoms with van der Waals surface area (Å²) in [6.45, 7) is 25.7. The smallest absolute Gasteiger partial charge is 0.121 e. The summed E-state index contributed by atoms with van der Waals surface area (Å²) in [4.78, 5) is 9.82.